The van der Waals surface area contributed by atoms with E-state index in [9.17, 15) is 4.79 Å². The van der Waals surface area contributed by atoms with E-state index in [1.807, 2.05) is 55.6 Å². The maximum absolute atomic E-state index is 11.7. The smallest absolute Gasteiger partial charge is 0.239 e. The van der Waals surface area contributed by atoms with Crippen molar-refractivity contribution in [1.82, 2.24) is 5.32 Å². The second-order valence-electron chi connectivity index (χ2n) is 5.03. The summed E-state index contributed by atoms with van der Waals surface area (Å²) in [7, 11) is 0. The van der Waals surface area contributed by atoms with Crippen LogP contribution in [-0.4, -0.2) is 12.0 Å². The molecule has 0 fully saturated rings. The molecule has 0 aliphatic rings. The van der Waals surface area contributed by atoms with Gasteiger partial charge >= 0.3 is 0 Å². The van der Waals surface area contributed by atoms with Gasteiger partial charge in [-0.05, 0) is 43.0 Å². The summed E-state index contributed by atoms with van der Waals surface area (Å²) in [4.78, 5) is 12.8. The summed E-state index contributed by atoms with van der Waals surface area (Å²) in [6.07, 6.45) is 0.125. The summed E-state index contributed by atoms with van der Waals surface area (Å²) in [6.45, 7) is 4.57. The molecule has 1 unspecified atom stereocenters. The number of nitrogens with two attached hydrogens (primary N) is 1. The predicted octanol–water partition coefficient (Wildman–Crippen LogP) is 2.85. The SMILES string of the molecule is CC(C)Oc1ccc(C(NCc2cccs2)C(N)=O)cc1. The van der Waals surface area contributed by atoms with Crippen LogP contribution in [0, 0.1) is 0 Å². The maximum Gasteiger partial charge on any atom is 0.239 e. The van der Waals surface area contributed by atoms with Crippen molar-refractivity contribution in [2.75, 3.05) is 0 Å². The number of carbonyl (C=O) groups excluding carboxylic acids is 1. The summed E-state index contributed by atoms with van der Waals surface area (Å²) < 4.78 is 5.59. The van der Waals surface area contributed by atoms with Crippen LogP contribution in [0.1, 0.15) is 30.3 Å². The highest BCUT2D eigenvalue weighted by Crippen LogP contribution is 2.20. The quantitative estimate of drug-likeness (QED) is 0.826. The molecule has 112 valence electrons. The van der Waals surface area contributed by atoms with Gasteiger partial charge < -0.3 is 10.5 Å². The molecule has 21 heavy (non-hydrogen) atoms. The van der Waals surface area contributed by atoms with E-state index in [1.165, 1.54) is 4.88 Å². The summed E-state index contributed by atoms with van der Waals surface area (Å²) in [6, 6.07) is 11.0. The fourth-order valence-electron chi connectivity index (χ4n) is 2.01. The zero-order valence-electron chi connectivity index (χ0n) is 12.2. The minimum Gasteiger partial charge on any atom is -0.491 e. The zero-order chi connectivity index (χ0) is 15.2. The molecule has 5 heteroatoms. The van der Waals surface area contributed by atoms with Crippen LogP contribution in [0.15, 0.2) is 41.8 Å². The molecule has 3 N–H and O–H groups in total. The first kappa shape index (κ1) is 15.5. The number of amides is 1. The average Bonchev–Trinajstić information content (AvgIpc) is 2.93. The van der Waals surface area contributed by atoms with E-state index < -0.39 is 6.04 Å². The van der Waals surface area contributed by atoms with Gasteiger partial charge in [0.2, 0.25) is 5.91 Å². The summed E-state index contributed by atoms with van der Waals surface area (Å²) in [5, 5.41) is 5.20. The zero-order valence-corrected chi connectivity index (χ0v) is 13.0. The number of primary amides is 1. The van der Waals surface area contributed by atoms with E-state index in [0.29, 0.717) is 6.54 Å². The largest absolute Gasteiger partial charge is 0.491 e. The molecule has 0 aliphatic carbocycles. The number of carbonyl (C=O) groups is 1. The first-order valence-corrected chi connectivity index (χ1v) is 7.76. The standard InChI is InChI=1S/C16H20N2O2S/c1-11(2)20-13-7-5-12(6-8-13)15(16(17)19)18-10-14-4-3-9-21-14/h3-9,11,15,18H,10H2,1-2H3,(H2,17,19). The number of benzene rings is 1. The maximum atomic E-state index is 11.7. The van der Waals surface area contributed by atoms with E-state index in [0.717, 1.165) is 11.3 Å². The molecule has 2 rings (SSSR count). The van der Waals surface area contributed by atoms with Crippen molar-refractivity contribution in [1.29, 1.82) is 0 Å². The Bertz CT molecular complexity index is 564. The van der Waals surface area contributed by atoms with Crippen molar-refractivity contribution in [3.8, 4) is 5.75 Å². The molecule has 1 amide bonds. The van der Waals surface area contributed by atoms with Crippen molar-refractivity contribution in [2.45, 2.75) is 32.5 Å². The van der Waals surface area contributed by atoms with Crippen LogP contribution in [0.25, 0.3) is 0 Å². The van der Waals surface area contributed by atoms with Crippen LogP contribution in [0.5, 0.6) is 5.75 Å². The molecule has 1 aromatic heterocycles. The summed E-state index contributed by atoms with van der Waals surface area (Å²) >= 11 is 1.65. The molecule has 0 saturated carbocycles. The Morgan fingerprint density at radius 2 is 2.00 bits per heavy atom. The van der Waals surface area contributed by atoms with E-state index in [2.05, 4.69) is 5.32 Å². The van der Waals surface area contributed by atoms with E-state index in [1.54, 1.807) is 11.3 Å². The van der Waals surface area contributed by atoms with Crippen LogP contribution in [0.4, 0.5) is 0 Å². The van der Waals surface area contributed by atoms with E-state index in [4.69, 9.17) is 10.5 Å². The van der Waals surface area contributed by atoms with Crippen molar-refractivity contribution < 1.29 is 9.53 Å². The van der Waals surface area contributed by atoms with Gasteiger partial charge in [-0.3, -0.25) is 10.1 Å². The van der Waals surface area contributed by atoms with Crippen LogP contribution < -0.4 is 15.8 Å². The van der Waals surface area contributed by atoms with Gasteiger partial charge in [0.1, 0.15) is 11.8 Å². The molecule has 1 heterocycles. The third kappa shape index (κ3) is 4.58. The number of hydrogen-bond donors (Lipinski definition) is 2. The molecular weight excluding hydrogens is 284 g/mol. The number of ether oxygens (including phenoxy) is 1. The average molecular weight is 304 g/mol. The molecule has 0 spiro atoms. The van der Waals surface area contributed by atoms with Crippen LogP contribution in [0.3, 0.4) is 0 Å². The second-order valence-corrected chi connectivity index (χ2v) is 6.06. The van der Waals surface area contributed by atoms with Gasteiger partial charge in [0.15, 0.2) is 0 Å². The van der Waals surface area contributed by atoms with Gasteiger partial charge in [0, 0.05) is 11.4 Å². The third-order valence-electron chi connectivity index (χ3n) is 2.93. The second kappa shape index (κ2) is 7.24. The van der Waals surface area contributed by atoms with Gasteiger partial charge in [-0.2, -0.15) is 0 Å². The molecule has 4 nitrogen and oxygen atoms in total. The lowest BCUT2D eigenvalue weighted by molar-refractivity contribution is -0.120. The van der Waals surface area contributed by atoms with Gasteiger partial charge in [0.25, 0.3) is 0 Å². The lowest BCUT2D eigenvalue weighted by Gasteiger charge is -2.16. The van der Waals surface area contributed by atoms with Crippen molar-refractivity contribution in [3.05, 3.63) is 52.2 Å². The highest BCUT2D eigenvalue weighted by molar-refractivity contribution is 7.09. The Morgan fingerprint density at radius 3 is 2.52 bits per heavy atom. The molecule has 0 bridgehead atoms. The molecule has 1 aromatic carbocycles. The van der Waals surface area contributed by atoms with Crippen molar-refractivity contribution in [2.24, 2.45) is 5.73 Å². The summed E-state index contributed by atoms with van der Waals surface area (Å²) in [5.74, 6) is 0.402. The van der Waals surface area contributed by atoms with Crippen LogP contribution in [0.2, 0.25) is 0 Å². The fraction of sp³-hybridized carbons (Fsp3) is 0.312. The van der Waals surface area contributed by atoms with Crippen LogP contribution >= 0.6 is 11.3 Å². The number of rotatable bonds is 7. The minimum absolute atomic E-state index is 0.125. The Hall–Kier alpha value is -1.85. The van der Waals surface area contributed by atoms with Gasteiger partial charge in [-0.15, -0.1) is 11.3 Å². The fourth-order valence-corrected chi connectivity index (χ4v) is 2.67. The van der Waals surface area contributed by atoms with Gasteiger partial charge in [0.05, 0.1) is 6.10 Å². The van der Waals surface area contributed by atoms with E-state index >= 15 is 0 Å². The lowest BCUT2D eigenvalue weighted by atomic mass is 10.1. The first-order valence-electron chi connectivity index (χ1n) is 6.88. The number of hydrogen-bond acceptors (Lipinski definition) is 4. The molecule has 0 radical (unpaired) electrons. The highest BCUT2D eigenvalue weighted by atomic mass is 32.1. The molecular formula is C16H20N2O2S. The Balaban J connectivity index is 2.05. The topological polar surface area (TPSA) is 64.3 Å². The molecule has 0 saturated heterocycles. The third-order valence-corrected chi connectivity index (χ3v) is 3.81. The lowest BCUT2D eigenvalue weighted by Crippen LogP contribution is -2.33. The van der Waals surface area contributed by atoms with Crippen molar-refractivity contribution >= 4 is 17.2 Å². The Morgan fingerprint density at radius 1 is 1.29 bits per heavy atom. The minimum atomic E-state index is -0.500. The molecule has 1 atom stereocenters. The number of thiophene rings is 1. The van der Waals surface area contributed by atoms with Gasteiger partial charge in [-0.25, -0.2) is 0 Å². The monoisotopic (exact) mass is 304 g/mol. The number of nitrogens with one attached hydrogen (secondary N) is 1. The summed E-state index contributed by atoms with van der Waals surface area (Å²) in [5.41, 5.74) is 6.34. The predicted molar refractivity (Wildman–Crippen MR) is 85.3 cm³/mol. The molecule has 2 aromatic rings. The highest BCUT2D eigenvalue weighted by Gasteiger charge is 2.17. The van der Waals surface area contributed by atoms with Crippen molar-refractivity contribution in [3.63, 3.8) is 0 Å². The Labute approximate surface area is 128 Å². The first-order chi connectivity index (χ1) is 10.1. The normalized spacial score (nSPS) is 12.3. The van der Waals surface area contributed by atoms with Gasteiger partial charge in [-0.1, -0.05) is 18.2 Å². The molecule has 0 aliphatic heterocycles. The Kier molecular flexibility index (Phi) is 5.36. The van der Waals surface area contributed by atoms with Crippen LogP contribution in [-0.2, 0) is 11.3 Å². The van der Waals surface area contributed by atoms with E-state index in [-0.39, 0.29) is 12.0 Å².